The summed E-state index contributed by atoms with van der Waals surface area (Å²) in [6.45, 7) is 3.05. The van der Waals surface area contributed by atoms with Gasteiger partial charge in [-0.25, -0.2) is 14.5 Å². The summed E-state index contributed by atoms with van der Waals surface area (Å²) in [5, 5.41) is 9.10. The summed E-state index contributed by atoms with van der Waals surface area (Å²) < 4.78 is 8.62. The van der Waals surface area contributed by atoms with Crippen molar-refractivity contribution in [3.8, 4) is 17.5 Å². The minimum atomic E-state index is -0.582. The minimum Gasteiger partial charge on any atom is -0.381 e. The molecule has 1 aliphatic rings. The van der Waals surface area contributed by atoms with E-state index in [1.54, 1.807) is 23.0 Å². The third-order valence-corrected chi connectivity index (χ3v) is 8.32. The fourth-order valence-electron chi connectivity index (χ4n) is 5.31. The highest BCUT2D eigenvalue weighted by atomic mass is 32.1. The number of anilines is 1. The van der Waals surface area contributed by atoms with Crippen molar-refractivity contribution in [2.45, 2.75) is 26.0 Å². The number of benzene rings is 2. The lowest BCUT2D eigenvalue weighted by Gasteiger charge is -2.21. The SMILES string of the molecule is CC(NC(=O)c1c(N)nn2cccnc12)c1cc2cccc(C#Cc3nc4c(s3)COCC4)c2c(=O)n1-c1ccccc1. The Morgan fingerprint density at radius 1 is 1.14 bits per heavy atom. The number of nitrogen functional groups attached to an aromatic ring is 1. The zero-order valence-corrected chi connectivity index (χ0v) is 23.9. The number of aromatic nitrogens is 5. The third kappa shape index (κ3) is 4.82. The van der Waals surface area contributed by atoms with E-state index >= 15 is 0 Å². The summed E-state index contributed by atoms with van der Waals surface area (Å²) in [5.41, 5.74) is 9.27. The van der Waals surface area contributed by atoms with Crippen LogP contribution in [0.15, 0.2) is 77.9 Å². The number of hydrogen-bond acceptors (Lipinski definition) is 8. The van der Waals surface area contributed by atoms with Crippen molar-refractivity contribution < 1.29 is 9.53 Å². The summed E-state index contributed by atoms with van der Waals surface area (Å²) in [7, 11) is 0. The van der Waals surface area contributed by atoms with E-state index in [4.69, 9.17) is 10.5 Å². The summed E-state index contributed by atoms with van der Waals surface area (Å²) in [4.78, 5) is 37.8. The highest BCUT2D eigenvalue weighted by Crippen LogP contribution is 2.26. The van der Waals surface area contributed by atoms with Gasteiger partial charge in [-0.15, -0.1) is 16.4 Å². The largest absolute Gasteiger partial charge is 0.381 e. The number of rotatable bonds is 4. The molecule has 2 aromatic carbocycles. The van der Waals surface area contributed by atoms with E-state index in [1.165, 1.54) is 15.9 Å². The highest BCUT2D eigenvalue weighted by Gasteiger charge is 2.24. The Morgan fingerprint density at radius 2 is 2.00 bits per heavy atom. The van der Waals surface area contributed by atoms with Gasteiger partial charge in [0.1, 0.15) is 5.56 Å². The fraction of sp³-hybridized carbons (Fsp3) is 0.156. The van der Waals surface area contributed by atoms with Crippen molar-refractivity contribution >= 4 is 39.5 Å². The van der Waals surface area contributed by atoms with Crippen LogP contribution in [0.25, 0.3) is 22.1 Å². The minimum absolute atomic E-state index is 0.0687. The average Bonchev–Trinajstić information content (AvgIpc) is 3.59. The topological polar surface area (TPSA) is 129 Å². The third-order valence-electron chi connectivity index (χ3n) is 7.33. The molecule has 3 N–H and O–H groups in total. The van der Waals surface area contributed by atoms with Crippen LogP contribution in [0.2, 0.25) is 0 Å². The van der Waals surface area contributed by atoms with Gasteiger partial charge < -0.3 is 15.8 Å². The van der Waals surface area contributed by atoms with Crippen LogP contribution < -0.4 is 16.6 Å². The Labute approximate surface area is 249 Å². The van der Waals surface area contributed by atoms with Gasteiger partial charge in [-0.1, -0.05) is 36.3 Å². The molecular formula is C32H25N7O3S. The zero-order valence-electron chi connectivity index (χ0n) is 23.1. The van der Waals surface area contributed by atoms with Crippen LogP contribution in [0, 0.1) is 11.8 Å². The number of nitrogens with one attached hydrogen (secondary N) is 1. The van der Waals surface area contributed by atoms with Crippen LogP contribution in [0.3, 0.4) is 0 Å². The fourth-order valence-corrected chi connectivity index (χ4v) is 6.21. The number of carbonyl (C=O) groups excluding carboxylic acids is 1. The van der Waals surface area contributed by atoms with Crippen LogP contribution in [0.5, 0.6) is 0 Å². The van der Waals surface area contributed by atoms with Crippen LogP contribution in [0.4, 0.5) is 5.82 Å². The smallest absolute Gasteiger partial charge is 0.264 e. The van der Waals surface area contributed by atoms with Crippen molar-refractivity contribution in [2.75, 3.05) is 12.3 Å². The Bertz CT molecular complexity index is 2130. The number of fused-ring (bicyclic) bond motifs is 3. The van der Waals surface area contributed by atoms with E-state index < -0.39 is 11.9 Å². The summed E-state index contributed by atoms with van der Waals surface area (Å²) in [5.74, 6) is 5.99. The molecule has 0 bridgehead atoms. The van der Waals surface area contributed by atoms with Gasteiger partial charge in [-0.05, 0) is 48.6 Å². The number of nitrogens with two attached hydrogens (primary N) is 1. The van der Waals surface area contributed by atoms with E-state index in [1.807, 2.05) is 61.5 Å². The van der Waals surface area contributed by atoms with Crippen molar-refractivity contribution in [1.82, 2.24) is 29.5 Å². The lowest BCUT2D eigenvalue weighted by molar-refractivity contribution is 0.0941. The van der Waals surface area contributed by atoms with Crippen LogP contribution in [-0.4, -0.2) is 36.7 Å². The number of pyridine rings is 1. The lowest BCUT2D eigenvalue weighted by atomic mass is 10.0. The molecule has 1 unspecified atom stereocenters. The molecule has 43 heavy (non-hydrogen) atoms. The molecule has 0 saturated carbocycles. The quantitative estimate of drug-likeness (QED) is 0.298. The van der Waals surface area contributed by atoms with Gasteiger partial charge in [-0.2, -0.15) is 0 Å². The Kier molecular flexibility index (Phi) is 6.69. The van der Waals surface area contributed by atoms with Gasteiger partial charge >= 0.3 is 0 Å². The van der Waals surface area contributed by atoms with Crippen molar-refractivity contribution in [2.24, 2.45) is 0 Å². The normalized spacial score (nSPS) is 13.3. The van der Waals surface area contributed by atoms with Crippen LogP contribution >= 0.6 is 11.3 Å². The Hall–Kier alpha value is -5.31. The maximum absolute atomic E-state index is 14.3. The number of carbonyl (C=O) groups is 1. The predicted molar refractivity (Wildman–Crippen MR) is 164 cm³/mol. The number of amides is 1. The second-order valence-electron chi connectivity index (χ2n) is 10.1. The molecule has 4 aromatic heterocycles. The van der Waals surface area contributed by atoms with Gasteiger partial charge in [0.2, 0.25) is 0 Å². The molecule has 1 amide bonds. The number of nitrogens with zero attached hydrogens (tertiary/aromatic N) is 5. The number of hydrogen-bond donors (Lipinski definition) is 2. The molecule has 10 nitrogen and oxygen atoms in total. The number of thiazole rings is 1. The number of para-hydroxylation sites is 1. The first-order valence-corrected chi connectivity index (χ1v) is 14.5. The lowest BCUT2D eigenvalue weighted by Crippen LogP contribution is -2.32. The van der Waals surface area contributed by atoms with Crippen molar-refractivity contribution in [1.29, 1.82) is 0 Å². The Balaban J connectivity index is 1.32. The summed E-state index contributed by atoms with van der Waals surface area (Å²) >= 11 is 1.52. The van der Waals surface area contributed by atoms with Crippen molar-refractivity contribution in [3.05, 3.63) is 116 Å². The van der Waals surface area contributed by atoms with Gasteiger partial charge in [0.05, 0.1) is 35.2 Å². The molecular weight excluding hydrogens is 562 g/mol. The highest BCUT2D eigenvalue weighted by molar-refractivity contribution is 7.12. The van der Waals surface area contributed by atoms with Crippen LogP contribution in [-0.2, 0) is 17.8 Å². The molecule has 0 aliphatic carbocycles. The first-order valence-electron chi connectivity index (χ1n) is 13.7. The Morgan fingerprint density at radius 3 is 2.84 bits per heavy atom. The molecule has 1 atom stereocenters. The van der Waals surface area contributed by atoms with E-state index in [0.717, 1.165) is 17.0 Å². The van der Waals surface area contributed by atoms with Gasteiger partial charge in [0, 0.05) is 35.8 Å². The van der Waals surface area contributed by atoms with E-state index in [-0.39, 0.29) is 16.9 Å². The van der Waals surface area contributed by atoms with E-state index in [9.17, 15) is 9.59 Å². The molecule has 0 saturated heterocycles. The second kappa shape index (κ2) is 10.8. The molecule has 0 radical (unpaired) electrons. The average molecular weight is 588 g/mol. The molecule has 7 rings (SSSR count). The molecule has 1 aliphatic heterocycles. The molecule has 6 aromatic rings. The first kappa shape index (κ1) is 26.6. The van der Waals surface area contributed by atoms with E-state index in [2.05, 4.69) is 32.2 Å². The van der Waals surface area contributed by atoms with Gasteiger partial charge in [0.25, 0.3) is 11.5 Å². The van der Waals surface area contributed by atoms with Crippen molar-refractivity contribution in [3.63, 3.8) is 0 Å². The van der Waals surface area contributed by atoms with Crippen LogP contribution in [0.1, 0.15) is 50.2 Å². The number of ether oxygens (including phenoxy) is 1. The molecule has 0 spiro atoms. The maximum atomic E-state index is 14.3. The summed E-state index contributed by atoms with van der Waals surface area (Å²) in [6, 6.07) is 18.0. The van der Waals surface area contributed by atoms with Gasteiger partial charge in [0.15, 0.2) is 16.5 Å². The summed E-state index contributed by atoms with van der Waals surface area (Å²) in [6.07, 6.45) is 4.03. The predicted octanol–water partition coefficient (Wildman–Crippen LogP) is 4.04. The second-order valence-corrected chi connectivity index (χ2v) is 11.2. The van der Waals surface area contributed by atoms with Gasteiger partial charge in [-0.3, -0.25) is 14.2 Å². The molecule has 0 fully saturated rings. The first-order chi connectivity index (χ1) is 21.0. The maximum Gasteiger partial charge on any atom is 0.264 e. The standard InChI is InChI=1S/C32H25N7O3S/c1-19(35-31(40)28-29(33)37-38-15-6-14-34-30(28)38)24-17-21-8-5-7-20(11-12-26-36-23-13-16-42-18-25(23)43-26)27(21)32(41)39(24)22-9-3-2-4-10-22/h2-10,14-15,17,19H,13,16,18H2,1H3,(H2,33,37)(H,35,40). The zero-order chi connectivity index (χ0) is 29.5. The molecule has 212 valence electrons. The molecule has 5 heterocycles. The molecule has 11 heteroatoms. The monoisotopic (exact) mass is 587 g/mol. The van der Waals surface area contributed by atoms with E-state index in [0.29, 0.717) is 51.6 Å².